The number of pyridine rings is 1. The second kappa shape index (κ2) is 4.29. The van der Waals surface area contributed by atoms with Gasteiger partial charge in [0.05, 0.1) is 0 Å². The topological polar surface area (TPSA) is 29.3 Å². The summed E-state index contributed by atoms with van der Waals surface area (Å²) in [7, 11) is 1.95. The van der Waals surface area contributed by atoms with Gasteiger partial charge in [0.1, 0.15) is 11.6 Å². The van der Waals surface area contributed by atoms with Gasteiger partial charge in [0.25, 0.3) is 0 Å². The van der Waals surface area contributed by atoms with Gasteiger partial charge in [-0.15, -0.1) is 0 Å². The smallest absolute Gasteiger partial charge is 0.200 e. The van der Waals surface area contributed by atoms with Gasteiger partial charge >= 0.3 is 0 Å². The van der Waals surface area contributed by atoms with E-state index in [9.17, 15) is 0 Å². The molecule has 0 N–H and O–H groups in total. The van der Waals surface area contributed by atoms with Crippen LogP contribution in [-0.2, 0) is 0 Å². The first-order chi connectivity index (χ1) is 7.58. The van der Waals surface area contributed by atoms with Gasteiger partial charge in [0.15, 0.2) is 0 Å². The number of furan rings is 1. The molecular weight excluding hydrogens is 268 g/mol. The molecule has 3 nitrogen and oxygen atoms in total. The van der Waals surface area contributed by atoms with E-state index in [4.69, 9.17) is 4.42 Å². The minimum absolute atomic E-state index is 0.801. The number of hydrogen-bond donors (Lipinski definition) is 0. The molecule has 0 fully saturated rings. The Hall–Kier alpha value is -1.29. The molecule has 0 saturated carbocycles. The summed E-state index contributed by atoms with van der Waals surface area (Å²) < 4.78 is 6.54. The van der Waals surface area contributed by atoms with Crippen molar-refractivity contribution in [3.63, 3.8) is 0 Å². The van der Waals surface area contributed by atoms with Gasteiger partial charge in [-0.05, 0) is 47.5 Å². The third kappa shape index (κ3) is 2.11. The molecule has 0 unspecified atom stereocenters. The molecule has 0 atom stereocenters. The van der Waals surface area contributed by atoms with E-state index in [1.165, 1.54) is 0 Å². The Balaban J connectivity index is 2.37. The van der Waals surface area contributed by atoms with Crippen LogP contribution in [0.25, 0.3) is 0 Å². The molecule has 0 bridgehead atoms. The molecule has 84 valence electrons. The normalized spacial score (nSPS) is 10.5. The number of hydrogen-bond acceptors (Lipinski definition) is 3. The van der Waals surface area contributed by atoms with Crippen LogP contribution >= 0.6 is 15.9 Å². The van der Waals surface area contributed by atoms with Crippen molar-refractivity contribution in [2.75, 3.05) is 11.9 Å². The van der Waals surface area contributed by atoms with Crippen molar-refractivity contribution in [2.24, 2.45) is 0 Å². The average molecular weight is 281 g/mol. The molecule has 2 rings (SSSR count). The second-order valence-corrected chi connectivity index (χ2v) is 4.65. The first-order valence-electron chi connectivity index (χ1n) is 5.00. The van der Waals surface area contributed by atoms with Crippen LogP contribution in [0.4, 0.5) is 11.7 Å². The van der Waals surface area contributed by atoms with E-state index in [-0.39, 0.29) is 0 Å². The monoisotopic (exact) mass is 280 g/mol. The van der Waals surface area contributed by atoms with Crippen LogP contribution in [0.3, 0.4) is 0 Å². The predicted octanol–water partition coefficient (Wildman–Crippen LogP) is 3.82. The number of aromatic nitrogens is 1. The molecule has 2 aromatic heterocycles. The zero-order valence-electron chi connectivity index (χ0n) is 9.49. The molecule has 2 heterocycles. The third-order valence-electron chi connectivity index (χ3n) is 2.39. The molecule has 0 amide bonds. The van der Waals surface area contributed by atoms with Crippen molar-refractivity contribution in [1.82, 2.24) is 4.98 Å². The van der Waals surface area contributed by atoms with Crippen molar-refractivity contribution in [3.05, 3.63) is 40.2 Å². The molecule has 0 aromatic carbocycles. The SMILES string of the molecule is Cc1ccc(N(C)c2ncc(Br)cc2C)o1. The molecule has 0 spiro atoms. The molecular formula is C12H13BrN2O. The maximum atomic E-state index is 5.56. The average Bonchev–Trinajstić information content (AvgIpc) is 2.64. The van der Waals surface area contributed by atoms with Crippen molar-refractivity contribution in [2.45, 2.75) is 13.8 Å². The van der Waals surface area contributed by atoms with Crippen LogP contribution in [0.15, 0.2) is 33.3 Å². The summed E-state index contributed by atoms with van der Waals surface area (Å²) in [5.41, 5.74) is 1.10. The van der Waals surface area contributed by atoms with E-state index in [1.807, 2.05) is 44.0 Å². The molecule has 2 aromatic rings. The molecule has 0 aliphatic carbocycles. The van der Waals surface area contributed by atoms with Crippen LogP contribution < -0.4 is 4.90 Å². The molecule has 0 aliphatic heterocycles. The number of anilines is 2. The quantitative estimate of drug-likeness (QED) is 0.838. The Kier molecular flexibility index (Phi) is 3.01. The fourth-order valence-corrected chi connectivity index (χ4v) is 2.04. The van der Waals surface area contributed by atoms with Crippen LogP contribution in [0.2, 0.25) is 0 Å². The van der Waals surface area contributed by atoms with Crippen LogP contribution in [-0.4, -0.2) is 12.0 Å². The Morgan fingerprint density at radius 2 is 2.06 bits per heavy atom. The highest BCUT2D eigenvalue weighted by Gasteiger charge is 2.11. The maximum Gasteiger partial charge on any atom is 0.200 e. The summed E-state index contributed by atoms with van der Waals surface area (Å²) in [6.07, 6.45) is 1.79. The zero-order chi connectivity index (χ0) is 11.7. The lowest BCUT2D eigenvalue weighted by Gasteiger charge is -2.17. The van der Waals surface area contributed by atoms with Crippen LogP contribution in [0.1, 0.15) is 11.3 Å². The number of rotatable bonds is 2. The van der Waals surface area contributed by atoms with E-state index >= 15 is 0 Å². The molecule has 0 saturated heterocycles. The highest BCUT2D eigenvalue weighted by atomic mass is 79.9. The van der Waals surface area contributed by atoms with Crippen molar-refractivity contribution < 1.29 is 4.42 Å². The van der Waals surface area contributed by atoms with Crippen molar-refractivity contribution in [3.8, 4) is 0 Å². The maximum absolute atomic E-state index is 5.56. The van der Waals surface area contributed by atoms with Crippen LogP contribution in [0.5, 0.6) is 0 Å². The summed E-state index contributed by atoms with van der Waals surface area (Å²) in [6.45, 7) is 3.96. The van der Waals surface area contributed by atoms with Gasteiger partial charge < -0.3 is 4.42 Å². The first kappa shape index (κ1) is 11.2. The Morgan fingerprint density at radius 1 is 1.31 bits per heavy atom. The van der Waals surface area contributed by atoms with E-state index in [2.05, 4.69) is 20.9 Å². The minimum Gasteiger partial charge on any atom is -0.445 e. The largest absolute Gasteiger partial charge is 0.445 e. The number of halogens is 1. The first-order valence-corrected chi connectivity index (χ1v) is 5.79. The lowest BCUT2D eigenvalue weighted by atomic mass is 10.3. The third-order valence-corrected chi connectivity index (χ3v) is 2.83. The summed E-state index contributed by atoms with van der Waals surface area (Å²) in [4.78, 5) is 6.32. The van der Waals surface area contributed by atoms with Gasteiger partial charge in [-0.25, -0.2) is 4.98 Å². The van der Waals surface area contributed by atoms with E-state index < -0.39 is 0 Å². The van der Waals surface area contributed by atoms with E-state index in [1.54, 1.807) is 6.20 Å². The van der Waals surface area contributed by atoms with Gasteiger partial charge in [0, 0.05) is 23.8 Å². The fourth-order valence-electron chi connectivity index (χ4n) is 1.59. The van der Waals surface area contributed by atoms with Gasteiger partial charge in [-0.2, -0.15) is 0 Å². The van der Waals surface area contributed by atoms with Crippen LogP contribution in [0, 0.1) is 13.8 Å². The Bertz CT molecular complexity index is 507. The summed E-state index contributed by atoms with van der Waals surface area (Å²) in [5.74, 6) is 2.60. The van der Waals surface area contributed by atoms with Crippen molar-refractivity contribution in [1.29, 1.82) is 0 Å². The second-order valence-electron chi connectivity index (χ2n) is 3.74. The predicted molar refractivity (Wildman–Crippen MR) is 68.2 cm³/mol. The van der Waals surface area contributed by atoms with E-state index in [0.717, 1.165) is 27.5 Å². The Labute approximate surface area is 103 Å². The van der Waals surface area contributed by atoms with Gasteiger partial charge in [0.2, 0.25) is 5.88 Å². The number of aryl methyl sites for hydroxylation is 2. The van der Waals surface area contributed by atoms with Gasteiger partial charge in [-0.3, -0.25) is 4.90 Å². The zero-order valence-corrected chi connectivity index (χ0v) is 11.1. The highest BCUT2D eigenvalue weighted by Crippen LogP contribution is 2.27. The molecule has 16 heavy (non-hydrogen) atoms. The lowest BCUT2D eigenvalue weighted by Crippen LogP contribution is -2.11. The molecule has 0 radical (unpaired) electrons. The summed E-state index contributed by atoms with van der Waals surface area (Å²) >= 11 is 3.40. The van der Waals surface area contributed by atoms with Crippen molar-refractivity contribution >= 4 is 27.6 Å². The van der Waals surface area contributed by atoms with E-state index in [0.29, 0.717) is 0 Å². The van der Waals surface area contributed by atoms with Gasteiger partial charge in [-0.1, -0.05) is 0 Å². The molecule has 0 aliphatic rings. The number of nitrogens with zero attached hydrogens (tertiary/aromatic N) is 2. The summed E-state index contributed by atoms with van der Waals surface area (Å²) in [6, 6.07) is 5.92. The summed E-state index contributed by atoms with van der Waals surface area (Å²) in [5, 5.41) is 0. The fraction of sp³-hybridized carbons (Fsp3) is 0.250. The Morgan fingerprint density at radius 3 is 2.62 bits per heavy atom. The highest BCUT2D eigenvalue weighted by molar-refractivity contribution is 9.10. The lowest BCUT2D eigenvalue weighted by molar-refractivity contribution is 0.537. The minimum atomic E-state index is 0.801. The standard InChI is InChI=1S/C12H13BrN2O/c1-8-6-10(13)7-14-12(8)15(3)11-5-4-9(2)16-11/h4-7H,1-3H3. The molecule has 4 heteroatoms.